The molecule has 0 unspecified atom stereocenters. The largest absolute Gasteiger partial charge is 0.496 e. The molecule has 0 saturated heterocycles. The van der Waals surface area contributed by atoms with E-state index < -0.39 is 0 Å². The molecule has 20 heavy (non-hydrogen) atoms. The van der Waals surface area contributed by atoms with Gasteiger partial charge in [0.1, 0.15) is 5.75 Å². The van der Waals surface area contributed by atoms with Crippen LogP contribution in [0.5, 0.6) is 5.75 Å². The molecule has 7 heteroatoms. The molecule has 2 aromatic rings. The van der Waals surface area contributed by atoms with Crippen LogP contribution in [0.25, 0.3) is 11.4 Å². The third-order valence-corrected chi connectivity index (χ3v) is 2.97. The van der Waals surface area contributed by atoms with Crippen molar-refractivity contribution in [3.05, 3.63) is 18.2 Å². The number of unbranched alkanes of at least 4 members (excludes halogenated alkanes) is 1. The average molecular weight is 277 g/mol. The number of nitrogens with zero attached hydrogens (tertiary/aromatic N) is 4. The fourth-order valence-electron chi connectivity index (χ4n) is 1.95. The Labute approximate surface area is 117 Å². The van der Waals surface area contributed by atoms with Gasteiger partial charge in [-0.2, -0.15) is 0 Å². The zero-order chi connectivity index (χ0) is 14.4. The first-order chi connectivity index (χ1) is 9.76. The Balaban J connectivity index is 2.19. The number of nitrogen functional groups attached to an aromatic ring is 1. The Hall–Kier alpha value is -2.15. The van der Waals surface area contributed by atoms with Gasteiger partial charge in [0.15, 0.2) is 5.82 Å². The number of rotatable bonds is 7. The standard InChI is InChI=1S/C13H19N5O2/c1-19-8-4-3-7-18-13(15-16-17-18)11-6-5-10(14)9-12(11)20-2/h5-6,9H,3-4,7-8,14H2,1-2H3. The van der Waals surface area contributed by atoms with Crippen LogP contribution in [0.15, 0.2) is 18.2 Å². The van der Waals surface area contributed by atoms with E-state index in [4.69, 9.17) is 15.2 Å². The molecule has 0 aliphatic carbocycles. The second-order valence-electron chi connectivity index (χ2n) is 4.39. The molecule has 1 aromatic carbocycles. The normalized spacial score (nSPS) is 10.7. The number of methoxy groups -OCH3 is 2. The average Bonchev–Trinajstić information content (AvgIpc) is 2.91. The molecule has 0 aliphatic heterocycles. The number of ether oxygens (including phenoxy) is 2. The highest BCUT2D eigenvalue weighted by Crippen LogP contribution is 2.29. The lowest BCUT2D eigenvalue weighted by atomic mass is 10.1. The molecule has 7 nitrogen and oxygen atoms in total. The lowest BCUT2D eigenvalue weighted by Gasteiger charge is -2.09. The Kier molecular flexibility index (Phi) is 4.89. The minimum absolute atomic E-state index is 0.643. The summed E-state index contributed by atoms with van der Waals surface area (Å²) in [6.45, 7) is 1.47. The van der Waals surface area contributed by atoms with E-state index >= 15 is 0 Å². The highest BCUT2D eigenvalue weighted by Gasteiger charge is 2.13. The van der Waals surface area contributed by atoms with Gasteiger partial charge in [-0.05, 0) is 35.4 Å². The van der Waals surface area contributed by atoms with Gasteiger partial charge in [-0.15, -0.1) is 5.10 Å². The second-order valence-corrected chi connectivity index (χ2v) is 4.39. The summed E-state index contributed by atoms with van der Waals surface area (Å²) in [6, 6.07) is 5.44. The van der Waals surface area contributed by atoms with Gasteiger partial charge in [-0.1, -0.05) is 0 Å². The maximum absolute atomic E-state index is 5.76. The summed E-state index contributed by atoms with van der Waals surface area (Å²) in [6.07, 6.45) is 1.91. The van der Waals surface area contributed by atoms with E-state index in [-0.39, 0.29) is 0 Å². The Bertz CT molecular complexity index is 555. The van der Waals surface area contributed by atoms with Crippen LogP contribution >= 0.6 is 0 Å². The molecule has 0 saturated carbocycles. The molecule has 0 amide bonds. The van der Waals surface area contributed by atoms with Crippen LogP contribution in [0.4, 0.5) is 5.69 Å². The topological polar surface area (TPSA) is 88.1 Å². The number of tetrazole rings is 1. The zero-order valence-corrected chi connectivity index (χ0v) is 11.7. The first kappa shape index (κ1) is 14.3. The van der Waals surface area contributed by atoms with Crippen molar-refractivity contribution in [3.8, 4) is 17.1 Å². The number of nitrogens with two attached hydrogens (primary N) is 1. The third-order valence-electron chi connectivity index (χ3n) is 2.97. The minimum Gasteiger partial charge on any atom is -0.496 e. The predicted octanol–water partition coefficient (Wildman–Crippen LogP) is 1.36. The molecule has 0 radical (unpaired) electrons. The van der Waals surface area contributed by atoms with Crippen LogP contribution in [0.1, 0.15) is 12.8 Å². The number of anilines is 1. The Morgan fingerprint density at radius 3 is 2.85 bits per heavy atom. The van der Waals surface area contributed by atoms with E-state index in [9.17, 15) is 0 Å². The maximum atomic E-state index is 5.76. The fraction of sp³-hybridized carbons (Fsp3) is 0.462. The van der Waals surface area contributed by atoms with Crippen molar-refractivity contribution in [1.29, 1.82) is 0 Å². The van der Waals surface area contributed by atoms with Crippen LogP contribution in [-0.2, 0) is 11.3 Å². The maximum Gasteiger partial charge on any atom is 0.185 e. The number of aryl methyl sites for hydroxylation is 1. The first-order valence-corrected chi connectivity index (χ1v) is 6.45. The van der Waals surface area contributed by atoms with Crippen molar-refractivity contribution in [3.63, 3.8) is 0 Å². The summed E-state index contributed by atoms with van der Waals surface area (Å²) in [4.78, 5) is 0. The molecule has 0 aliphatic rings. The molecule has 1 aromatic heterocycles. The second kappa shape index (κ2) is 6.85. The fourth-order valence-corrected chi connectivity index (χ4v) is 1.95. The molecule has 0 spiro atoms. The van der Waals surface area contributed by atoms with E-state index in [1.54, 1.807) is 25.0 Å². The van der Waals surface area contributed by atoms with E-state index in [0.29, 0.717) is 17.3 Å². The number of benzene rings is 1. The van der Waals surface area contributed by atoms with Crippen LogP contribution in [0.3, 0.4) is 0 Å². The lowest BCUT2D eigenvalue weighted by molar-refractivity contribution is 0.191. The zero-order valence-electron chi connectivity index (χ0n) is 11.7. The Morgan fingerprint density at radius 2 is 2.10 bits per heavy atom. The third kappa shape index (κ3) is 3.24. The highest BCUT2D eigenvalue weighted by atomic mass is 16.5. The van der Waals surface area contributed by atoms with Crippen molar-refractivity contribution in [1.82, 2.24) is 20.2 Å². The SMILES string of the molecule is COCCCCn1nnnc1-c1ccc(N)cc1OC. The molecule has 2 N–H and O–H groups in total. The van der Waals surface area contributed by atoms with Crippen LogP contribution in [0.2, 0.25) is 0 Å². The van der Waals surface area contributed by atoms with Gasteiger partial charge >= 0.3 is 0 Å². The molecule has 2 rings (SSSR count). The van der Waals surface area contributed by atoms with Gasteiger partial charge in [0.05, 0.1) is 12.7 Å². The summed E-state index contributed by atoms with van der Waals surface area (Å²) >= 11 is 0. The molecular formula is C13H19N5O2. The molecule has 1 heterocycles. The van der Waals surface area contributed by atoms with Crippen LogP contribution in [0, 0.1) is 0 Å². The summed E-state index contributed by atoms with van der Waals surface area (Å²) in [5, 5.41) is 11.8. The molecule has 108 valence electrons. The van der Waals surface area contributed by atoms with Crippen molar-refractivity contribution in [2.45, 2.75) is 19.4 Å². The van der Waals surface area contributed by atoms with Crippen molar-refractivity contribution in [2.24, 2.45) is 0 Å². The summed E-state index contributed by atoms with van der Waals surface area (Å²) in [5.41, 5.74) is 7.23. The lowest BCUT2D eigenvalue weighted by Crippen LogP contribution is -2.05. The van der Waals surface area contributed by atoms with Gasteiger partial charge in [0, 0.05) is 32.0 Å². The van der Waals surface area contributed by atoms with Gasteiger partial charge < -0.3 is 15.2 Å². The molecular weight excluding hydrogens is 258 g/mol. The van der Waals surface area contributed by atoms with Gasteiger partial charge in [-0.25, -0.2) is 4.68 Å². The summed E-state index contributed by atoms with van der Waals surface area (Å²) < 4.78 is 12.1. The number of aromatic nitrogens is 4. The minimum atomic E-state index is 0.643. The summed E-state index contributed by atoms with van der Waals surface area (Å²) in [7, 11) is 3.30. The quantitative estimate of drug-likeness (QED) is 0.607. The van der Waals surface area contributed by atoms with Gasteiger partial charge in [0.2, 0.25) is 0 Å². The number of hydrogen-bond donors (Lipinski definition) is 1. The predicted molar refractivity (Wildman–Crippen MR) is 75.3 cm³/mol. The molecule has 0 fully saturated rings. The van der Waals surface area contributed by atoms with E-state index in [1.807, 2.05) is 12.1 Å². The van der Waals surface area contributed by atoms with E-state index in [2.05, 4.69) is 15.5 Å². The van der Waals surface area contributed by atoms with Gasteiger partial charge in [0.25, 0.3) is 0 Å². The van der Waals surface area contributed by atoms with Gasteiger partial charge in [-0.3, -0.25) is 0 Å². The van der Waals surface area contributed by atoms with E-state index in [1.165, 1.54) is 0 Å². The highest BCUT2D eigenvalue weighted by molar-refractivity contribution is 5.67. The Morgan fingerprint density at radius 1 is 1.25 bits per heavy atom. The number of hydrogen-bond acceptors (Lipinski definition) is 6. The van der Waals surface area contributed by atoms with Crippen molar-refractivity contribution >= 4 is 5.69 Å². The monoisotopic (exact) mass is 277 g/mol. The smallest absolute Gasteiger partial charge is 0.185 e. The van der Waals surface area contributed by atoms with Crippen LogP contribution in [-0.4, -0.2) is 41.0 Å². The van der Waals surface area contributed by atoms with Crippen molar-refractivity contribution in [2.75, 3.05) is 26.6 Å². The molecule has 0 bridgehead atoms. The molecule has 0 atom stereocenters. The first-order valence-electron chi connectivity index (χ1n) is 6.45. The van der Waals surface area contributed by atoms with Crippen molar-refractivity contribution < 1.29 is 9.47 Å². The summed E-state index contributed by atoms with van der Waals surface area (Å²) in [5.74, 6) is 1.34. The van der Waals surface area contributed by atoms with E-state index in [0.717, 1.165) is 31.6 Å². The van der Waals surface area contributed by atoms with Crippen LogP contribution < -0.4 is 10.5 Å².